The topological polar surface area (TPSA) is 22.0 Å². The maximum absolute atomic E-state index is 13.9. The Hall–Kier alpha value is -1.90. The van der Waals surface area contributed by atoms with Crippen molar-refractivity contribution in [1.29, 1.82) is 0 Å². The van der Waals surface area contributed by atoms with E-state index < -0.39 is 0 Å². The van der Waals surface area contributed by atoms with Crippen molar-refractivity contribution in [2.75, 3.05) is 0 Å². The minimum absolute atomic E-state index is 0.0383. The van der Waals surface area contributed by atoms with Gasteiger partial charge in [0.25, 0.3) is 0 Å². The molecule has 0 saturated heterocycles. The van der Waals surface area contributed by atoms with E-state index in [9.17, 15) is 9.18 Å². The Morgan fingerprint density at radius 3 is 2.62 bits per heavy atom. The van der Waals surface area contributed by atoms with E-state index in [0.29, 0.717) is 12.0 Å². The van der Waals surface area contributed by atoms with Gasteiger partial charge in [-0.25, -0.2) is 4.39 Å². The van der Waals surface area contributed by atoms with Crippen molar-refractivity contribution >= 4 is 5.78 Å². The van der Waals surface area contributed by atoms with Crippen LogP contribution in [-0.2, 0) is 13.5 Å². The fourth-order valence-corrected chi connectivity index (χ4v) is 3.29. The van der Waals surface area contributed by atoms with Gasteiger partial charge < -0.3 is 4.57 Å². The molecular formula is C18H20FNO. The van der Waals surface area contributed by atoms with E-state index in [1.807, 2.05) is 23.9 Å². The highest BCUT2D eigenvalue weighted by Gasteiger charge is 2.34. The predicted octanol–water partition coefficient (Wildman–Crippen LogP) is 4.29. The molecule has 0 spiro atoms. The Balaban J connectivity index is 2.19. The molecule has 3 rings (SSSR count). The van der Waals surface area contributed by atoms with Crippen LogP contribution in [0.3, 0.4) is 0 Å². The molecule has 3 heteroatoms. The number of nitrogens with zero attached hydrogens (tertiary/aromatic N) is 1. The van der Waals surface area contributed by atoms with E-state index in [0.717, 1.165) is 28.8 Å². The number of hydrogen-bond donors (Lipinski definition) is 0. The second-order valence-electron chi connectivity index (χ2n) is 6.89. The largest absolute Gasteiger partial charge is 0.347 e. The van der Waals surface area contributed by atoms with Gasteiger partial charge in [0.2, 0.25) is 0 Å². The third-order valence-electron chi connectivity index (χ3n) is 4.33. The van der Waals surface area contributed by atoms with Crippen LogP contribution < -0.4 is 0 Å². The van der Waals surface area contributed by atoms with Gasteiger partial charge in [-0.2, -0.15) is 0 Å². The highest BCUT2D eigenvalue weighted by Crippen LogP contribution is 2.40. The van der Waals surface area contributed by atoms with Gasteiger partial charge in [0, 0.05) is 25.2 Å². The lowest BCUT2D eigenvalue weighted by atomic mass is 9.74. The lowest BCUT2D eigenvalue weighted by Crippen LogP contribution is -2.27. The molecule has 110 valence electrons. The molecule has 2 nitrogen and oxygen atoms in total. The highest BCUT2D eigenvalue weighted by atomic mass is 19.1. The van der Waals surface area contributed by atoms with Gasteiger partial charge in [-0.05, 0) is 41.5 Å². The highest BCUT2D eigenvalue weighted by molar-refractivity contribution is 6.00. The number of Topliss-reactive ketones (excluding diaryl/α,β-unsaturated/α-hetero) is 1. The molecule has 1 aliphatic carbocycles. The van der Waals surface area contributed by atoms with Gasteiger partial charge in [0.05, 0.1) is 5.69 Å². The third-order valence-corrected chi connectivity index (χ3v) is 4.33. The minimum atomic E-state index is -0.202. The van der Waals surface area contributed by atoms with Crippen LogP contribution >= 0.6 is 0 Å². The van der Waals surface area contributed by atoms with E-state index in [1.54, 1.807) is 19.1 Å². The summed E-state index contributed by atoms with van der Waals surface area (Å²) < 4.78 is 15.7. The van der Waals surface area contributed by atoms with Gasteiger partial charge in [-0.15, -0.1) is 0 Å². The molecule has 0 saturated carbocycles. The van der Waals surface area contributed by atoms with Crippen molar-refractivity contribution in [2.24, 2.45) is 12.5 Å². The van der Waals surface area contributed by atoms with Crippen LogP contribution in [0.25, 0.3) is 11.1 Å². The average Bonchev–Trinajstić information content (AvgIpc) is 2.68. The first-order chi connectivity index (χ1) is 9.78. The Kier molecular flexibility index (Phi) is 3.05. The number of carbonyl (C=O) groups is 1. The molecule has 1 aromatic carbocycles. The molecule has 0 aliphatic heterocycles. The molecule has 0 N–H and O–H groups in total. The number of benzene rings is 1. The van der Waals surface area contributed by atoms with Crippen LogP contribution in [0.4, 0.5) is 4.39 Å². The van der Waals surface area contributed by atoms with Crippen LogP contribution in [0, 0.1) is 18.2 Å². The fraction of sp³-hybridized carbons (Fsp3) is 0.389. The maximum Gasteiger partial charge on any atom is 0.180 e. The standard InChI is InChI=1S/C18H20FNO/c1-11-5-6-12(7-15(11)19)14-10-20(4)17-13(14)8-18(2,3)9-16(17)21/h5-7,10H,8-9H2,1-4H3. The van der Waals surface area contributed by atoms with Crippen molar-refractivity contribution < 1.29 is 9.18 Å². The molecule has 1 aromatic heterocycles. The van der Waals surface area contributed by atoms with Gasteiger partial charge in [0.1, 0.15) is 5.82 Å². The van der Waals surface area contributed by atoms with E-state index in [4.69, 9.17) is 0 Å². The predicted molar refractivity (Wildman–Crippen MR) is 82.0 cm³/mol. The second kappa shape index (κ2) is 4.55. The number of aromatic nitrogens is 1. The summed E-state index contributed by atoms with van der Waals surface area (Å²) in [6, 6.07) is 5.29. The lowest BCUT2D eigenvalue weighted by molar-refractivity contribution is 0.0903. The number of halogens is 1. The molecular weight excluding hydrogens is 265 g/mol. The molecule has 0 bridgehead atoms. The Labute approximate surface area is 124 Å². The van der Waals surface area contributed by atoms with Gasteiger partial charge in [-0.3, -0.25) is 4.79 Å². The van der Waals surface area contributed by atoms with E-state index in [-0.39, 0.29) is 17.0 Å². The smallest absolute Gasteiger partial charge is 0.180 e. The van der Waals surface area contributed by atoms with Gasteiger partial charge >= 0.3 is 0 Å². The molecule has 0 unspecified atom stereocenters. The number of hydrogen-bond acceptors (Lipinski definition) is 1. The normalized spacial score (nSPS) is 16.9. The van der Waals surface area contributed by atoms with E-state index >= 15 is 0 Å². The minimum Gasteiger partial charge on any atom is -0.347 e. The molecule has 1 heterocycles. The zero-order valence-corrected chi connectivity index (χ0v) is 13.0. The number of rotatable bonds is 1. The number of carbonyl (C=O) groups excluding carboxylic acids is 1. The molecule has 0 radical (unpaired) electrons. The van der Waals surface area contributed by atoms with Crippen LogP contribution in [0.15, 0.2) is 24.4 Å². The molecule has 0 fully saturated rings. The molecule has 1 aliphatic rings. The van der Waals surface area contributed by atoms with Crippen molar-refractivity contribution in [2.45, 2.75) is 33.6 Å². The first-order valence-electron chi connectivity index (χ1n) is 7.26. The Bertz CT molecular complexity index is 740. The summed E-state index contributed by atoms with van der Waals surface area (Å²) in [7, 11) is 1.89. The van der Waals surface area contributed by atoms with E-state index in [2.05, 4.69) is 13.8 Å². The maximum atomic E-state index is 13.9. The summed E-state index contributed by atoms with van der Waals surface area (Å²) in [6.07, 6.45) is 3.37. The summed E-state index contributed by atoms with van der Waals surface area (Å²) >= 11 is 0. The van der Waals surface area contributed by atoms with Crippen molar-refractivity contribution in [3.05, 3.63) is 47.0 Å². The lowest BCUT2D eigenvalue weighted by Gasteiger charge is -2.29. The average molecular weight is 285 g/mol. The van der Waals surface area contributed by atoms with E-state index in [1.165, 1.54) is 0 Å². The molecule has 21 heavy (non-hydrogen) atoms. The third kappa shape index (κ3) is 2.31. The number of ketones is 1. The summed E-state index contributed by atoms with van der Waals surface area (Å²) in [6.45, 7) is 5.98. The van der Waals surface area contributed by atoms with Crippen molar-refractivity contribution in [3.63, 3.8) is 0 Å². The van der Waals surface area contributed by atoms with Crippen LogP contribution in [0.1, 0.15) is 41.9 Å². The zero-order valence-electron chi connectivity index (χ0n) is 13.0. The summed E-state index contributed by atoms with van der Waals surface area (Å²) in [5.74, 6) is -0.0194. The first-order valence-corrected chi connectivity index (χ1v) is 7.26. The summed E-state index contributed by atoms with van der Waals surface area (Å²) in [5, 5.41) is 0. The second-order valence-corrected chi connectivity index (χ2v) is 6.89. The van der Waals surface area contributed by atoms with Crippen molar-refractivity contribution in [1.82, 2.24) is 4.57 Å². The van der Waals surface area contributed by atoms with Crippen LogP contribution in [0.2, 0.25) is 0 Å². The Morgan fingerprint density at radius 2 is 1.95 bits per heavy atom. The van der Waals surface area contributed by atoms with Gasteiger partial charge in [0.15, 0.2) is 5.78 Å². The molecule has 0 amide bonds. The zero-order chi connectivity index (χ0) is 15.4. The quantitative estimate of drug-likeness (QED) is 0.766. The number of fused-ring (bicyclic) bond motifs is 1. The van der Waals surface area contributed by atoms with Gasteiger partial charge in [-0.1, -0.05) is 26.0 Å². The number of aryl methyl sites for hydroxylation is 2. The summed E-state index contributed by atoms with van der Waals surface area (Å²) in [5.41, 5.74) is 4.27. The molecule has 2 aromatic rings. The Morgan fingerprint density at radius 1 is 1.24 bits per heavy atom. The monoisotopic (exact) mass is 285 g/mol. The fourth-order valence-electron chi connectivity index (χ4n) is 3.29. The summed E-state index contributed by atoms with van der Waals surface area (Å²) in [4.78, 5) is 12.4. The van der Waals surface area contributed by atoms with Crippen molar-refractivity contribution in [3.8, 4) is 11.1 Å². The first kappa shape index (κ1) is 14.1. The van der Waals surface area contributed by atoms with Crippen LogP contribution in [0.5, 0.6) is 0 Å². The SMILES string of the molecule is Cc1ccc(-c2cn(C)c3c2CC(C)(C)CC3=O)cc1F. The van der Waals surface area contributed by atoms with Crippen LogP contribution in [-0.4, -0.2) is 10.4 Å². The molecule has 0 atom stereocenters.